The maximum atomic E-state index is 11.8. The molecule has 0 spiro atoms. The van der Waals surface area contributed by atoms with Crippen molar-refractivity contribution in [2.24, 2.45) is 0 Å². The first-order valence-corrected chi connectivity index (χ1v) is 6.69. The van der Waals surface area contributed by atoms with Gasteiger partial charge in [-0.25, -0.2) is 9.59 Å². The monoisotopic (exact) mass is 292 g/mol. The molecule has 112 valence electrons. The lowest BCUT2D eigenvalue weighted by Gasteiger charge is -2.22. The molecule has 2 amide bonds. The first-order chi connectivity index (χ1) is 10.1. The van der Waals surface area contributed by atoms with E-state index in [0.29, 0.717) is 43.4 Å². The Hall–Kier alpha value is -2.44. The Kier molecular flexibility index (Phi) is 3.32. The lowest BCUT2D eigenvalue weighted by Crippen LogP contribution is -2.26. The van der Waals surface area contributed by atoms with Gasteiger partial charge in [-0.2, -0.15) is 0 Å². The molecule has 7 nitrogen and oxygen atoms in total. The Morgan fingerprint density at radius 2 is 1.67 bits per heavy atom. The van der Waals surface area contributed by atoms with E-state index in [2.05, 4.69) is 0 Å². The molecule has 2 fully saturated rings. The van der Waals surface area contributed by atoms with Crippen molar-refractivity contribution in [3.8, 4) is 5.75 Å². The zero-order valence-corrected chi connectivity index (χ0v) is 11.9. The van der Waals surface area contributed by atoms with Gasteiger partial charge < -0.3 is 14.2 Å². The van der Waals surface area contributed by atoms with Gasteiger partial charge in [0.1, 0.15) is 19.0 Å². The molecule has 21 heavy (non-hydrogen) atoms. The van der Waals surface area contributed by atoms with Crippen molar-refractivity contribution in [3.05, 3.63) is 17.7 Å². The molecule has 2 aliphatic heterocycles. The van der Waals surface area contributed by atoms with Crippen LogP contribution in [0.1, 0.15) is 5.56 Å². The third-order valence-corrected chi connectivity index (χ3v) is 3.57. The highest BCUT2D eigenvalue weighted by atomic mass is 16.6. The van der Waals surface area contributed by atoms with Gasteiger partial charge in [-0.1, -0.05) is 0 Å². The molecule has 1 aromatic carbocycles. The number of carbonyl (C=O) groups is 2. The summed E-state index contributed by atoms with van der Waals surface area (Å²) in [6, 6.07) is 3.60. The lowest BCUT2D eigenvalue weighted by molar-refractivity contribution is 0.180. The zero-order chi connectivity index (χ0) is 15.0. The summed E-state index contributed by atoms with van der Waals surface area (Å²) >= 11 is 0. The fourth-order valence-corrected chi connectivity index (χ4v) is 2.60. The van der Waals surface area contributed by atoms with Crippen LogP contribution in [0.15, 0.2) is 12.1 Å². The highest BCUT2D eigenvalue weighted by Crippen LogP contribution is 2.38. The van der Waals surface area contributed by atoms with Crippen LogP contribution >= 0.6 is 0 Å². The fourth-order valence-electron chi connectivity index (χ4n) is 2.60. The molecule has 0 unspecified atom stereocenters. The predicted octanol–water partition coefficient (Wildman–Crippen LogP) is 1.92. The lowest BCUT2D eigenvalue weighted by atomic mass is 10.1. The third-order valence-electron chi connectivity index (χ3n) is 3.57. The molecule has 0 N–H and O–H groups in total. The minimum Gasteiger partial charge on any atom is -0.494 e. The van der Waals surface area contributed by atoms with Crippen LogP contribution in [0.5, 0.6) is 5.75 Å². The van der Waals surface area contributed by atoms with E-state index in [0.717, 1.165) is 5.56 Å². The van der Waals surface area contributed by atoms with E-state index < -0.39 is 6.09 Å². The summed E-state index contributed by atoms with van der Waals surface area (Å²) in [6.07, 6.45) is -0.789. The Balaban J connectivity index is 2.06. The smallest absolute Gasteiger partial charge is 0.414 e. The molecule has 1 aromatic rings. The molecule has 0 atom stereocenters. The fraction of sp³-hybridized carbons (Fsp3) is 0.429. The molecular formula is C14H16N2O5. The number of benzene rings is 1. The topological polar surface area (TPSA) is 68.3 Å². The summed E-state index contributed by atoms with van der Waals surface area (Å²) in [5.41, 5.74) is 2.13. The first kappa shape index (κ1) is 13.5. The van der Waals surface area contributed by atoms with Crippen molar-refractivity contribution in [3.63, 3.8) is 0 Å². The number of rotatable bonds is 3. The Morgan fingerprint density at radius 3 is 2.19 bits per heavy atom. The molecule has 2 heterocycles. The standard InChI is InChI=1S/C14H16N2O5/c1-9-7-10(15-3-5-20-13(15)17)8-11(12(9)19-2)16-4-6-21-14(16)18/h7-8H,3-6H2,1-2H3. The van der Waals surface area contributed by atoms with E-state index in [1.54, 1.807) is 13.2 Å². The van der Waals surface area contributed by atoms with Gasteiger partial charge in [0.2, 0.25) is 0 Å². The second-order valence-electron chi connectivity index (χ2n) is 4.85. The summed E-state index contributed by atoms with van der Waals surface area (Å²) in [6.45, 7) is 3.54. The molecule has 0 saturated carbocycles. The molecule has 3 rings (SSSR count). The molecule has 0 aromatic heterocycles. The predicted molar refractivity (Wildman–Crippen MR) is 75.1 cm³/mol. The van der Waals surface area contributed by atoms with Gasteiger partial charge in [0.05, 0.1) is 25.9 Å². The number of cyclic esters (lactones) is 2. The average Bonchev–Trinajstić information content (AvgIpc) is 3.06. The van der Waals surface area contributed by atoms with Crippen molar-refractivity contribution in [1.29, 1.82) is 0 Å². The van der Waals surface area contributed by atoms with E-state index in [9.17, 15) is 9.59 Å². The third kappa shape index (κ3) is 2.24. The maximum Gasteiger partial charge on any atom is 0.414 e. The number of ether oxygens (including phenoxy) is 3. The molecule has 2 aliphatic rings. The van der Waals surface area contributed by atoms with Gasteiger partial charge in [-0.3, -0.25) is 9.80 Å². The first-order valence-electron chi connectivity index (χ1n) is 6.69. The number of methoxy groups -OCH3 is 1. The van der Waals surface area contributed by atoms with Gasteiger partial charge in [-0.15, -0.1) is 0 Å². The van der Waals surface area contributed by atoms with Crippen LogP contribution in [-0.2, 0) is 9.47 Å². The SMILES string of the molecule is COc1c(C)cc(N2CCOC2=O)cc1N1CCOC1=O. The van der Waals surface area contributed by atoms with Crippen LogP contribution in [0.3, 0.4) is 0 Å². The van der Waals surface area contributed by atoms with Crippen molar-refractivity contribution in [2.75, 3.05) is 43.2 Å². The van der Waals surface area contributed by atoms with Gasteiger partial charge >= 0.3 is 12.2 Å². The van der Waals surface area contributed by atoms with Crippen molar-refractivity contribution < 1.29 is 23.8 Å². The molecule has 0 aliphatic carbocycles. The summed E-state index contributed by atoms with van der Waals surface area (Å²) in [4.78, 5) is 26.5. The highest BCUT2D eigenvalue weighted by Gasteiger charge is 2.30. The van der Waals surface area contributed by atoms with Crippen molar-refractivity contribution in [1.82, 2.24) is 0 Å². The highest BCUT2D eigenvalue weighted by molar-refractivity contribution is 5.95. The molecular weight excluding hydrogens is 276 g/mol. The summed E-state index contributed by atoms with van der Waals surface area (Å²) in [7, 11) is 1.55. The molecule has 7 heteroatoms. The second kappa shape index (κ2) is 5.16. The normalized spacial score (nSPS) is 18.0. The minimum atomic E-state index is -0.408. The van der Waals surface area contributed by atoms with E-state index in [4.69, 9.17) is 14.2 Å². The minimum absolute atomic E-state index is 0.344. The number of carbonyl (C=O) groups excluding carboxylic acids is 2. The Labute approximate surface area is 122 Å². The number of hydrogen-bond donors (Lipinski definition) is 0. The van der Waals surface area contributed by atoms with E-state index in [-0.39, 0.29) is 6.09 Å². The van der Waals surface area contributed by atoms with Crippen LogP contribution in [-0.4, -0.2) is 45.6 Å². The largest absolute Gasteiger partial charge is 0.494 e. The number of hydrogen-bond acceptors (Lipinski definition) is 5. The van der Waals surface area contributed by atoms with Crippen molar-refractivity contribution in [2.45, 2.75) is 6.92 Å². The van der Waals surface area contributed by atoms with Crippen LogP contribution in [0, 0.1) is 6.92 Å². The Bertz CT molecular complexity index is 601. The van der Waals surface area contributed by atoms with E-state index in [1.807, 2.05) is 13.0 Å². The summed E-state index contributed by atoms with van der Waals surface area (Å²) in [5, 5.41) is 0. The summed E-state index contributed by atoms with van der Waals surface area (Å²) in [5.74, 6) is 0.602. The molecule has 0 radical (unpaired) electrons. The summed E-state index contributed by atoms with van der Waals surface area (Å²) < 4.78 is 15.3. The van der Waals surface area contributed by atoms with E-state index >= 15 is 0 Å². The quantitative estimate of drug-likeness (QED) is 0.851. The van der Waals surface area contributed by atoms with Gasteiger partial charge in [0, 0.05) is 5.69 Å². The number of aryl methyl sites for hydroxylation is 1. The number of nitrogens with zero attached hydrogens (tertiary/aromatic N) is 2. The van der Waals surface area contributed by atoms with Crippen LogP contribution in [0.2, 0.25) is 0 Å². The van der Waals surface area contributed by atoms with Gasteiger partial charge in [-0.05, 0) is 24.6 Å². The number of amides is 2. The van der Waals surface area contributed by atoms with Crippen LogP contribution < -0.4 is 14.5 Å². The van der Waals surface area contributed by atoms with E-state index in [1.165, 1.54) is 9.80 Å². The molecule has 2 saturated heterocycles. The Morgan fingerprint density at radius 1 is 1.05 bits per heavy atom. The number of anilines is 2. The zero-order valence-electron chi connectivity index (χ0n) is 11.9. The van der Waals surface area contributed by atoms with Gasteiger partial charge in [0.25, 0.3) is 0 Å². The maximum absolute atomic E-state index is 11.8. The van der Waals surface area contributed by atoms with Crippen LogP contribution in [0.25, 0.3) is 0 Å². The average molecular weight is 292 g/mol. The van der Waals surface area contributed by atoms with Gasteiger partial charge in [0.15, 0.2) is 0 Å². The van der Waals surface area contributed by atoms with Crippen LogP contribution in [0.4, 0.5) is 21.0 Å². The second-order valence-corrected chi connectivity index (χ2v) is 4.85. The van der Waals surface area contributed by atoms with Crippen molar-refractivity contribution >= 4 is 23.6 Å². The molecule has 0 bridgehead atoms.